The smallest absolute Gasteiger partial charge is 0.0910 e. The molecule has 1 heterocycles. The Labute approximate surface area is 152 Å². The molecule has 1 saturated carbocycles. The lowest BCUT2D eigenvalue weighted by atomic mass is 9.89. The minimum atomic E-state index is 0.646. The van der Waals surface area contributed by atoms with Crippen molar-refractivity contribution in [3.63, 3.8) is 0 Å². The second-order valence-electron chi connectivity index (χ2n) is 7.98. The van der Waals surface area contributed by atoms with Crippen molar-refractivity contribution < 1.29 is 0 Å². The highest BCUT2D eigenvalue weighted by Gasteiger charge is 2.42. The van der Waals surface area contributed by atoms with E-state index in [0.717, 1.165) is 6.67 Å². The van der Waals surface area contributed by atoms with E-state index in [4.69, 9.17) is 0 Å². The van der Waals surface area contributed by atoms with Gasteiger partial charge in [-0.1, -0.05) is 49.2 Å². The molecule has 0 N–H and O–H groups in total. The Kier molecular flexibility index (Phi) is 4.23. The van der Waals surface area contributed by atoms with Crippen molar-refractivity contribution in [2.75, 3.05) is 16.5 Å². The first-order valence-electron chi connectivity index (χ1n) is 9.73. The molecule has 2 unspecified atom stereocenters. The van der Waals surface area contributed by atoms with Crippen LogP contribution >= 0.6 is 0 Å². The highest BCUT2D eigenvalue weighted by Crippen LogP contribution is 2.42. The first-order valence-corrected chi connectivity index (χ1v) is 9.73. The fourth-order valence-electron chi connectivity index (χ4n) is 5.18. The minimum absolute atomic E-state index is 0.646. The lowest BCUT2D eigenvalue weighted by Crippen LogP contribution is -2.40. The molecule has 25 heavy (non-hydrogen) atoms. The van der Waals surface area contributed by atoms with E-state index < -0.39 is 0 Å². The molecule has 0 amide bonds. The Morgan fingerprint density at radius 2 is 1.00 bits per heavy atom. The van der Waals surface area contributed by atoms with E-state index in [0.29, 0.717) is 12.1 Å². The van der Waals surface area contributed by atoms with Crippen LogP contribution in [0.3, 0.4) is 0 Å². The molecule has 1 aliphatic carbocycles. The van der Waals surface area contributed by atoms with Crippen molar-refractivity contribution in [1.29, 1.82) is 0 Å². The van der Waals surface area contributed by atoms with Gasteiger partial charge in [-0.3, -0.25) is 0 Å². The van der Waals surface area contributed by atoms with Gasteiger partial charge in [-0.25, -0.2) is 0 Å². The zero-order chi connectivity index (χ0) is 17.6. The van der Waals surface area contributed by atoms with Crippen molar-refractivity contribution >= 4 is 11.4 Å². The number of hydrogen-bond donors (Lipinski definition) is 0. The SMILES string of the molecule is Cc1cccc(C)c1N1CN(c2c(C)cccc2C)C2CCCCC21. The van der Waals surface area contributed by atoms with Crippen LogP contribution in [0.25, 0.3) is 0 Å². The molecule has 2 aliphatic rings. The largest absolute Gasteiger partial charge is 0.348 e. The second-order valence-corrected chi connectivity index (χ2v) is 7.98. The highest BCUT2D eigenvalue weighted by molar-refractivity contribution is 5.67. The summed E-state index contributed by atoms with van der Waals surface area (Å²) in [6.07, 6.45) is 5.37. The third-order valence-corrected chi connectivity index (χ3v) is 6.25. The van der Waals surface area contributed by atoms with E-state index in [9.17, 15) is 0 Å². The van der Waals surface area contributed by atoms with Crippen molar-refractivity contribution in [1.82, 2.24) is 0 Å². The fourth-order valence-corrected chi connectivity index (χ4v) is 5.18. The van der Waals surface area contributed by atoms with Crippen molar-refractivity contribution in [3.8, 4) is 0 Å². The van der Waals surface area contributed by atoms with Gasteiger partial charge in [0.05, 0.1) is 18.8 Å². The van der Waals surface area contributed by atoms with E-state index in [1.807, 2.05) is 0 Å². The standard InChI is InChI=1S/C23H30N2/c1-16-9-7-10-17(2)22(16)24-15-25(21-14-6-5-13-20(21)24)23-18(3)11-8-12-19(23)4/h7-12,20-21H,5-6,13-15H2,1-4H3. The average molecular weight is 335 g/mol. The van der Waals surface area contributed by atoms with Crippen LogP contribution < -0.4 is 9.80 Å². The van der Waals surface area contributed by atoms with Gasteiger partial charge in [-0.2, -0.15) is 0 Å². The Hall–Kier alpha value is -1.96. The van der Waals surface area contributed by atoms with Gasteiger partial charge in [0.2, 0.25) is 0 Å². The Morgan fingerprint density at radius 3 is 1.36 bits per heavy atom. The van der Waals surface area contributed by atoms with Crippen LogP contribution in [0.1, 0.15) is 47.9 Å². The maximum atomic E-state index is 2.71. The van der Waals surface area contributed by atoms with E-state index in [1.165, 1.54) is 59.3 Å². The molecule has 1 aliphatic heterocycles. The van der Waals surface area contributed by atoms with Crippen LogP contribution in [0.4, 0.5) is 11.4 Å². The lowest BCUT2D eigenvalue weighted by molar-refractivity contribution is 0.408. The molecule has 2 atom stereocenters. The van der Waals surface area contributed by atoms with Gasteiger partial charge in [-0.15, -0.1) is 0 Å². The van der Waals surface area contributed by atoms with Crippen LogP contribution in [-0.4, -0.2) is 18.8 Å². The summed E-state index contributed by atoms with van der Waals surface area (Å²) in [5.74, 6) is 0. The molecule has 1 saturated heterocycles. The van der Waals surface area contributed by atoms with Crippen LogP contribution in [0.15, 0.2) is 36.4 Å². The van der Waals surface area contributed by atoms with Crippen LogP contribution in [0, 0.1) is 27.7 Å². The maximum absolute atomic E-state index is 2.71. The van der Waals surface area contributed by atoms with Gasteiger partial charge in [0, 0.05) is 11.4 Å². The van der Waals surface area contributed by atoms with Crippen LogP contribution in [0.5, 0.6) is 0 Å². The number of fused-ring (bicyclic) bond motifs is 1. The van der Waals surface area contributed by atoms with Crippen LogP contribution in [0.2, 0.25) is 0 Å². The summed E-state index contributed by atoms with van der Waals surface area (Å²) in [7, 11) is 0. The average Bonchev–Trinajstić information content (AvgIpc) is 2.94. The van der Waals surface area contributed by atoms with Gasteiger partial charge in [0.1, 0.15) is 0 Å². The van der Waals surface area contributed by atoms with Crippen molar-refractivity contribution in [3.05, 3.63) is 58.7 Å². The predicted octanol–water partition coefficient (Wildman–Crippen LogP) is 5.52. The number of nitrogens with zero attached hydrogens (tertiary/aromatic N) is 2. The zero-order valence-corrected chi connectivity index (χ0v) is 16.0. The number of hydrogen-bond acceptors (Lipinski definition) is 2. The molecule has 2 fully saturated rings. The molecule has 132 valence electrons. The fraction of sp³-hybridized carbons (Fsp3) is 0.478. The monoisotopic (exact) mass is 334 g/mol. The molecule has 0 bridgehead atoms. The molecule has 2 heteroatoms. The van der Waals surface area contributed by atoms with E-state index in [1.54, 1.807) is 0 Å². The Bertz CT molecular complexity index is 674. The van der Waals surface area contributed by atoms with Gasteiger partial charge in [0.25, 0.3) is 0 Å². The summed E-state index contributed by atoms with van der Waals surface area (Å²) in [5, 5.41) is 0. The van der Waals surface area contributed by atoms with Gasteiger partial charge < -0.3 is 9.80 Å². The molecule has 0 radical (unpaired) electrons. The first-order chi connectivity index (χ1) is 12.1. The number of anilines is 2. The molecular weight excluding hydrogens is 304 g/mol. The normalized spacial score (nSPS) is 23.0. The second kappa shape index (κ2) is 6.40. The zero-order valence-electron chi connectivity index (χ0n) is 16.0. The number of para-hydroxylation sites is 2. The Balaban J connectivity index is 1.79. The summed E-state index contributed by atoms with van der Waals surface area (Å²) in [4.78, 5) is 5.42. The molecule has 2 aromatic carbocycles. The molecule has 0 aromatic heterocycles. The van der Waals surface area contributed by atoms with Crippen molar-refractivity contribution in [2.24, 2.45) is 0 Å². The maximum Gasteiger partial charge on any atom is 0.0910 e. The highest BCUT2D eigenvalue weighted by atomic mass is 15.4. The number of benzene rings is 2. The predicted molar refractivity (Wildman–Crippen MR) is 108 cm³/mol. The van der Waals surface area contributed by atoms with Crippen molar-refractivity contribution in [2.45, 2.75) is 65.5 Å². The van der Waals surface area contributed by atoms with Gasteiger partial charge in [-0.05, 0) is 62.8 Å². The third kappa shape index (κ3) is 2.72. The van der Waals surface area contributed by atoms with E-state index in [-0.39, 0.29) is 0 Å². The molecule has 2 aromatic rings. The van der Waals surface area contributed by atoms with Crippen LogP contribution in [-0.2, 0) is 0 Å². The summed E-state index contributed by atoms with van der Waals surface area (Å²) >= 11 is 0. The number of rotatable bonds is 2. The van der Waals surface area contributed by atoms with Gasteiger partial charge in [0.15, 0.2) is 0 Å². The van der Waals surface area contributed by atoms with E-state index in [2.05, 4.69) is 73.9 Å². The Morgan fingerprint density at radius 1 is 0.640 bits per heavy atom. The quantitative estimate of drug-likeness (QED) is 0.714. The molecule has 2 nitrogen and oxygen atoms in total. The first kappa shape index (κ1) is 16.5. The van der Waals surface area contributed by atoms with E-state index >= 15 is 0 Å². The molecular formula is C23H30N2. The topological polar surface area (TPSA) is 6.48 Å². The summed E-state index contributed by atoms with van der Waals surface area (Å²) in [5.41, 5.74) is 8.57. The molecule has 4 rings (SSSR count). The number of aryl methyl sites for hydroxylation is 4. The third-order valence-electron chi connectivity index (χ3n) is 6.25. The summed E-state index contributed by atoms with van der Waals surface area (Å²) < 4.78 is 0. The minimum Gasteiger partial charge on any atom is -0.348 e. The van der Waals surface area contributed by atoms with Gasteiger partial charge >= 0.3 is 0 Å². The summed E-state index contributed by atoms with van der Waals surface area (Å²) in [6, 6.07) is 14.7. The molecule has 0 spiro atoms. The lowest BCUT2D eigenvalue weighted by Gasteiger charge is -2.35. The summed E-state index contributed by atoms with van der Waals surface area (Å²) in [6.45, 7) is 10.1.